The van der Waals surface area contributed by atoms with E-state index in [1.807, 2.05) is 0 Å². The monoisotopic (exact) mass is 583 g/mol. The molecule has 0 aliphatic carbocycles. The summed E-state index contributed by atoms with van der Waals surface area (Å²) in [6.45, 7) is 0.145. The van der Waals surface area contributed by atoms with E-state index in [2.05, 4.69) is 20.8 Å². The van der Waals surface area contributed by atoms with E-state index in [4.69, 9.17) is 5.73 Å². The Kier molecular flexibility index (Phi) is 8.05. The smallest absolute Gasteiger partial charge is 0.352 e. The molecule has 15 nitrogen and oxygen atoms in total. The number of fused-ring (bicyclic) bond motifs is 1. The lowest BCUT2D eigenvalue weighted by Crippen LogP contribution is -2.71. The van der Waals surface area contributed by atoms with Crippen LogP contribution in [0, 0.1) is 0 Å². The molecule has 202 valence electrons. The van der Waals surface area contributed by atoms with Gasteiger partial charge in [-0.05, 0) is 21.6 Å². The molecule has 4 rings (SSSR count). The number of thioether (sulfide) groups is 2. The maximum atomic E-state index is 12.9. The molecule has 3 atom stereocenters. The van der Waals surface area contributed by atoms with E-state index in [9.17, 15) is 37.3 Å². The van der Waals surface area contributed by atoms with E-state index < -0.39 is 50.5 Å². The highest BCUT2D eigenvalue weighted by molar-refractivity contribution is 8.01. The summed E-state index contributed by atoms with van der Waals surface area (Å²) < 4.78 is 34.9. The SMILES string of the molecule is NC(=O)CCn1nnnc1SCC1=C(C(=O)O)N2C(=O)C(NC(=O)C(c3ccccc3)S(=O)(=O)O)[C@H]2SC1. The number of nitrogens with one attached hydrogen (secondary N) is 1. The van der Waals surface area contributed by atoms with Crippen molar-refractivity contribution in [1.82, 2.24) is 30.4 Å². The quantitative estimate of drug-likeness (QED) is 0.142. The van der Waals surface area contributed by atoms with Gasteiger partial charge in [-0.2, -0.15) is 8.42 Å². The molecule has 1 fully saturated rings. The fourth-order valence-corrected chi connectivity index (χ4v) is 7.15. The van der Waals surface area contributed by atoms with Gasteiger partial charge in [-0.1, -0.05) is 42.1 Å². The number of β-lactam (4-membered cyclic amide) rings is 1. The van der Waals surface area contributed by atoms with Gasteiger partial charge in [0.05, 0.1) is 6.54 Å². The average Bonchev–Trinajstić information content (AvgIpc) is 3.31. The number of nitrogens with zero attached hydrogens (tertiary/aromatic N) is 5. The Morgan fingerprint density at radius 3 is 2.61 bits per heavy atom. The average molecular weight is 584 g/mol. The standard InChI is InChI=1S/C20H21N7O8S3/c21-12(28)6-7-26-20(23-24-25-26)37-9-11-8-36-18-13(17(30)27(18)14(11)19(31)32)22-16(29)15(38(33,34)35)10-4-2-1-3-5-10/h1-5,13,15,18H,6-9H2,(H2,21,28)(H,22,29)(H,31,32)(H,33,34,35)/t13?,15?,18-/m1/s1. The molecule has 3 amide bonds. The molecule has 0 spiro atoms. The molecule has 1 aromatic carbocycles. The lowest BCUT2D eigenvalue weighted by atomic mass is 10.0. The van der Waals surface area contributed by atoms with Crippen molar-refractivity contribution in [3.05, 3.63) is 47.2 Å². The summed E-state index contributed by atoms with van der Waals surface area (Å²) in [4.78, 5) is 50.0. The van der Waals surface area contributed by atoms with Gasteiger partial charge in [0.2, 0.25) is 17.0 Å². The number of rotatable bonds is 11. The zero-order valence-electron chi connectivity index (χ0n) is 19.3. The Balaban J connectivity index is 1.48. The molecule has 2 aliphatic heterocycles. The molecule has 18 heteroatoms. The summed E-state index contributed by atoms with van der Waals surface area (Å²) in [6, 6.07) is 6.10. The van der Waals surface area contributed by atoms with Crippen LogP contribution in [-0.2, 0) is 35.8 Å². The van der Waals surface area contributed by atoms with Gasteiger partial charge in [-0.15, -0.1) is 16.9 Å². The number of aromatic nitrogens is 4. The van der Waals surface area contributed by atoms with E-state index in [0.29, 0.717) is 10.7 Å². The number of carboxylic acid groups (broad SMARTS) is 1. The van der Waals surface area contributed by atoms with E-state index in [1.54, 1.807) is 6.07 Å². The highest BCUT2D eigenvalue weighted by Crippen LogP contribution is 2.41. The van der Waals surface area contributed by atoms with Crippen molar-refractivity contribution in [2.45, 2.75) is 34.8 Å². The number of nitrogens with two attached hydrogens (primary N) is 1. The van der Waals surface area contributed by atoms with Crippen molar-refractivity contribution in [2.24, 2.45) is 5.73 Å². The molecule has 0 radical (unpaired) electrons. The molecule has 1 aromatic heterocycles. The summed E-state index contributed by atoms with van der Waals surface area (Å²) in [5.74, 6) is -3.41. The van der Waals surface area contributed by atoms with Crippen molar-refractivity contribution >= 4 is 57.3 Å². The minimum atomic E-state index is -4.86. The maximum absolute atomic E-state index is 12.9. The van der Waals surface area contributed by atoms with Gasteiger partial charge in [0, 0.05) is 17.9 Å². The predicted octanol–water partition coefficient (Wildman–Crippen LogP) is -0.992. The Labute approximate surface area is 223 Å². The number of carboxylic acids is 1. The van der Waals surface area contributed by atoms with Crippen LogP contribution in [0.2, 0.25) is 0 Å². The molecule has 38 heavy (non-hydrogen) atoms. The number of hydrogen-bond donors (Lipinski definition) is 4. The Bertz CT molecular complexity index is 1410. The third-order valence-corrected chi connectivity index (χ3v) is 9.10. The topological polar surface area (TPSA) is 228 Å². The number of aryl methyl sites for hydroxylation is 1. The highest BCUT2D eigenvalue weighted by Gasteiger charge is 2.55. The van der Waals surface area contributed by atoms with Gasteiger partial charge in [0.1, 0.15) is 17.1 Å². The van der Waals surface area contributed by atoms with Gasteiger partial charge in [-0.3, -0.25) is 23.8 Å². The van der Waals surface area contributed by atoms with Crippen LogP contribution in [0.3, 0.4) is 0 Å². The van der Waals surface area contributed by atoms with Crippen LogP contribution < -0.4 is 11.1 Å². The second-order valence-corrected chi connectivity index (χ2v) is 11.7. The Morgan fingerprint density at radius 2 is 1.97 bits per heavy atom. The van der Waals surface area contributed by atoms with Crippen molar-refractivity contribution in [3.63, 3.8) is 0 Å². The van der Waals surface area contributed by atoms with Crippen LogP contribution in [-0.4, -0.2) is 89.8 Å². The van der Waals surface area contributed by atoms with Crippen molar-refractivity contribution in [1.29, 1.82) is 0 Å². The van der Waals surface area contributed by atoms with Crippen LogP contribution in [0.4, 0.5) is 0 Å². The molecule has 0 bridgehead atoms. The first kappa shape index (κ1) is 27.6. The third-order valence-electron chi connectivity index (χ3n) is 5.63. The summed E-state index contributed by atoms with van der Waals surface area (Å²) >= 11 is 2.31. The number of primary amides is 1. The van der Waals surface area contributed by atoms with Gasteiger partial charge in [0.15, 0.2) is 5.25 Å². The van der Waals surface area contributed by atoms with Gasteiger partial charge in [0.25, 0.3) is 16.0 Å². The van der Waals surface area contributed by atoms with Crippen molar-refractivity contribution < 1.29 is 37.3 Å². The number of carbonyl (C=O) groups is 4. The molecular formula is C20H21N7O8S3. The number of amides is 3. The van der Waals surface area contributed by atoms with Gasteiger partial charge in [-0.25, -0.2) is 9.48 Å². The lowest BCUT2D eigenvalue weighted by molar-refractivity contribution is -0.150. The Hall–Kier alpha value is -3.48. The van der Waals surface area contributed by atoms with Crippen LogP contribution in [0.15, 0.2) is 46.8 Å². The molecule has 3 heterocycles. The first-order valence-corrected chi connectivity index (χ1v) is 14.4. The number of benzene rings is 1. The number of tetrazole rings is 1. The normalized spacial score (nSPS) is 19.9. The molecule has 1 saturated heterocycles. The summed E-state index contributed by atoms with van der Waals surface area (Å²) in [7, 11) is -4.86. The molecule has 2 unspecified atom stereocenters. The fourth-order valence-electron chi connectivity index (χ4n) is 3.92. The van der Waals surface area contributed by atoms with Crippen LogP contribution in [0.1, 0.15) is 17.2 Å². The first-order chi connectivity index (χ1) is 18.0. The fraction of sp³-hybridized carbons (Fsp3) is 0.350. The van der Waals surface area contributed by atoms with E-state index >= 15 is 0 Å². The van der Waals surface area contributed by atoms with Gasteiger partial charge >= 0.3 is 5.97 Å². The van der Waals surface area contributed by atoms with Crippen LogP contribution >= 0.6 is 23.5 Å². The molecule has 5 N–H and O–H groups in total. The second kappa shape index (κ2) is 11.1. The minimum Gasteiger partial charge on any atom is -0.477 e. The second-order valence-electron chi connectivity index (χ2n) is 8.15. The number of aliphatic carboxylic acids is 1. The number of carbonyl (C=O) groups excluding carboxylic acids is 3. The van der Waals surface area contributed by atoms with Crippen LogP contribution in [0.25, 0.3) is 0 Å². The first-order valence-electron chi connectivity index (χ1n) is 10.9. The van der Waals surface area contributed by atoms with Crippen molar-refractivity contribution in [3.8, 4) is 0 Å². The molecule has 2 aliphatic rings. The van der Waals surface area contributed by atoms with E-state index in [1.165, 1.54) is 40.7 Å². The maximum Gasteiger partial charge on any atom is 0.352 e. The zero-order chi connectivity index (χ0) is 27.6. The number of hydrogen-bond acceptors (Lipinski definition) is 11. The van der Waals surface area contributed by atoms with Crippen molar-refractivity contribution in [2.75, 3.05) is 11.5 Å². The van der Waals surface area contributed by atoms with Crippen LogP contribution in [0.5, 0.6) is 0 Å². The zero-order valence-corrected chi connectivity index (χ0v) is 21.8. The molecular weight excluding hydrogens is 562 g/mol. The van der Waals surface area contributed by atoms with Gasteiger partial charge < -0.3 is 16.2 Å². The summed E-state index contributed by atoms with van der Waals surface area (Å²) in [5.41, 5.74) is 5.32. The van der Waals surface area contributed by atoms with E-state index in [0.717, 1.165) is 16.7 Å². The predicted molar refractivity (Wildman–Crippen MR) is 133 cm³/mol. The molecule has 2 aromatic rings. The summed E-state index contributed by atoms with van der Waals surface area (Å²) in [5, 5.41) is 21.0. The largest absolute Gasteiger partial charge is 0.477 e. The Morgan fingerprint density at radius 1 is 1.26 bits per heavy atom. The molecule has 0 saturated carbocycles. The summed E-state index contributed by atoms with van der Waals surface area (Å²) in [6.07, 6.45) is 0.0112. The van der Waals surface area contributed by atoms with E-state index in [-0.39, 0.29) is 35.7 Å². The third kappa shape index (κ3) is 5.66. The lowest BCUT2D eigenvalue weighted by Gasteiger charge is -2.49. The minimum absolute atomic E-state index is 0.0102. The highest BCUT2D eigenvalue weighted by atomic mass is 32.2.